The second kappa shape index (κ2) is 13.1. The molecule has 6 heteroatoms. The largest absolute Gasteiger partial charge is 0.505 e. The van der Waals surface area contributed by atoms with Gasteiger partial charge in [0.25, 0.3) is 0 Å². The van der Waals surface area contributed by atoms with E-state index in [1.807, 2.05) is 69.2 Å². The Bertz CT molecular complexity index is 1070. The van der Waals surface area contributed by atoms with Crippen molar-refractivity contribution in [3.05, 3.63) is 35.6 Å². The molecule has 4 aliphatic carbocycles. The summed E-state index contributed by atoms with van der Waals surface area (Å²) < 4.78 is 0. The highest BCUT2D eigenvalue weighted by molar-refractivity contribution is 6.02. The molecule has 0 amide bonds. The minimum Gasteiger partial charge on any atom is -0.505 e. The fraction of sp³-hybridized carbons (Fsp3) is 0.743. The number of rotatable bonds is 4. The van der Waals surface area contributed by atoms with Crippen LogP contribution >= 0.6 is 0 Å². The molecule has 0 saturated heterocycles. The van der Waals surface area contributed by atoms with Crippen LogP contribution in [0.15, 0.2) is 35.6 Å². The molecule has 0 aromatic heterocycles. The molecule has 0 bridgehead atoms. The molecule has 234 valence electrons. The lowest BCUT2D eigenvalue weighted by Crippen LogP contribution is -2.63. The van der Waals surface area contributed by atoms with E-state index >= 15 is 0 Å². The first-order valence-electron chi connectivity index (χ1n) is 15.7. The van der Waals surface area contributed by atoms with Gasteiger partial charge in [-0.3, -0.25) is 14.4 Å². The maximum atomic E-state index is 14.1. The van der Waals surface area contributed by atoms with Crippen LogP contribution in [0.5, 0.6) is 0 Å². The Kier molecular flexibility index (Phi) is 11.8. The molecule has 0 aliphatic heterocycles. The Hall–Kier alpha value is -2.05. The van der Waals surface area contributed by atoms with Crippen molar-refractivity contribution in [3.8, 4) is 0 Å². The smallest absolute Gasteiger partial charge is 0.206 e. The second-order valence-corrected chi connectivity index (χ2v) is 13.1. The van der Waals surface area contributed by atoms with E-state index in [-0.39, 0.29) is 46.9 Å². The molecule has 4 rings (SSSR count). The van der Waals surface area contributed by atoms with Gasteiger partial charge in [-0.25, -0.2) is 0 Å². The number of carbonyl (C=O) groups excluding carboxylic acids is 3. The number of hydrogen-bond acceptors (Lipinski definition) is 6. The predicted octanol–water partition coefficient (Wildman–Crippen LogP) is 7.34. The quantitative estimate of drug-likeness (QED) is 0.239. The highest BCUT2D eigenvalue weighted by atomic mass is 16.3. The van der Waals surface area contributed by atoms with Crippen molar-refractivity contribution in [2.45, 2.75) is 127 Å². The second-order valence-electron chi connectivity index (χ2n) is 13.1. The summed E-state index contributed by atoms with van der Waals surface area (Å²) in [6.45, 7) is 25.0. The molecule has 0 aromatic rings. The van der Waals surface area contributed by atoms with Crippen LogP contribution in [0, 0.1) is 39.4 Å². The van der Waals surface area contributed by atoms with E-state index in [1.54, 1.807) is 19.9 Å². The summed E-state index contributed by atoms with van der Waals surface area (Å²) in [7, 11) is 0. The average Bonchev–Trinajstić information content (AvgIpc) is 3.19. The zero-order chi connectivity index (χ0) is 32.4. The Morgan fingerprint density at radius 2 is 1.54 bits per heavy atom. The summed E-state index contributed by atoms with van der Waals surface area (Å²) in [5.74, 6) is -1.76. The fourth-order valence-corrected chi connectivity index (χ4v) is 8.04. The van der Waals surface area contributed by atoms with Crippen LogP contribution in [-0.2, 0) is 14.4 Å². The van der Waals surface area contributed by atoms with Crippen LogP contribution in [0.3, 0.4) is 0 Å². The van der Waals surface area contributed by atoms with Crippen molar-refractivity contribution in [3.63, 3.8) is 0 Å². The van der Waals surface area contributed by atoms with Gasteiger partial charge in [0, 0.05) is 17.8 Å². The Balaban J connectivity index is 0.00000131. The molecule has 0 heterocycles. The molecule has 41 heavy (non-hydrogen) atoms. The van der Waals surface area contributed by atoms with Gasteiger partial charge in [0.2, 0.25) is 5.78 Å². The normalized spacial score (nSPS) is 35.9. The lowest BCUT2D eigenvalue weighted by Gasteiger charge is -2.63. The summed E-state index contributed by atoms with van der Waals surface area (Å²) in [4.78, 5) is 39.6. The van der Waals surface area contributed by atoms with Crippen molar-refractivity contribution in [2.75, 3.05) is 0 Å². The third-order valence-corrected chi connectivity index (χ3v) is 10.4. The van der Waals surface area contributed by atoms with E-state index in [0.29, 0.717) is 12.8 Å². The van der Waals surface area contributed by atoms with Crippen molar-refractivity contribution >= 4 is 17.3 Å². The first kappa shape index (κ1) is 37.0. The number of allylic oxidation sites excluding steroid dienone is 4. The summed E-state index contributed by atoms with van der Waals surface area (Å²) in [5, 5.41) is 31.6. The van der Waals surface area contributed by atoms with Crippen molar-refractivity contribution in [1.82, 2.24) is 0 Å². The van der Waals surface area contributed by atoms with Crippen LogP contribution in [0.25, 0.3) is 0 Å². The van der Waals surface area contributed by atoms with Crippen LogP contribution in [0.4, 0.5) is 0 Å². The topological polar surface area (TPSA) is 112 Å². The summed E-state index contributed by atoms with van der Waals surface area (Å²) in [6, 6.07) is 0. The van der Waals surface area contributed by atoms with E-state index in [0.717, 1.165) is 12.0 Å². The number of carbonyl (C=O) groups is 3. The highest BCUT2D eigenvalue weighted by Gasteiger charge is 2.71. The van der Waals surface area contributed by atoms with Crippen LogP contribution in [0.1, 0.15) is 116 Å². The van der Waals surface area contributed by atoms with Crippen LogP contribution in [-0.4, -0.2) is 44.4 Å². The molecule has 3 N–H and O–H groups in total. The van der Waals surface area contributed by atoms with Crippen LogP contribution < -0.4 is 0 Å². The monoisotopic (exact) mass is 574 g/mol. The molecule has 2 fully saturated rings. The third kappa shape index (κ3) is 5.93. The predicted molar refractivity (Wildman–Crippen MR) is 166 cm³/mol. The van der Waals surface area contributed by atoms with E-state index < -0.39 is 33.7 Å². The number of fused-ring (bicyclic) bond motifs is 5. The molecule has 7 atom stereocenters. The van der Waals surface area contributed by atoms with Gasteiger partial charge in [0.1, 0.15) is 11.9 Å². The molecule has 0 aromatic carbocycles. The van der Waals surface area contributed by atoms with Crippen molar-refractivity contribution in [1.29, 1.82) is 0 Å². The fourth-order valence-electron chi connectivity index (χ4n) is 8.04. The molecule has 2 saturated carbocycles. The Morgan fingerprint density at radius 3 is 2.05 bits per heavy atom. The van der Waals surface area contributed by atoms with E-state index in [1.165, 1.54) is 12.2 Å². The molecule has 6 nitrogen and oxygen atoms in total. The maximum absolute atomic E-state index is 14.1. The minimum atomic E-state index is -1.25. The summed E-state index contributed by atoms with van der Waals surface area (Å²) >= 11 is 0. The lowest BCUT2D eigenvalue weighted by molar-refractivity contribution is -0.170. The molecule has 4 aliphatic rings. The molecule has 0 spiro atoms. The van der Waals surface area contributed by atoms with E-state index in [4.69, 9.17) is 0 Å². The highest BCUT2D eigenvalue weighted by Crippen LogP contribution is 2.73. The van der Waals surface area contributed by atoms with Gasteiger partial charge in [-0.05, 0) is 81.8 Å². The maximum Gasteiger partial charge on any atom is 0.206 e. The molecular formula is C35H58O6. The van der Waals surface area contributed by atoms with Gasteiger partial charge in [-0.15, -0.1) is 0 Å². The number of hydrogen-bond donors (Lipinski definition) is 3. The number of ketones is 3. The molecule has 7 unspecified atom stereocenters. The van der Waals surface area contributed by atoms with E-state index in [9.17, 15) is 29.7 Å². The Labute approximate surface area is 249 Å². The SMILES string of the molecule is CC.CC.CC.CC(C)(O)/C=C/C(=O)C(O)C1CCC2(C)C3CC=C4C(C=C(O)C(=O)C4(C)C)C3(C)C(=O)CC12C. The van der Waals surface area contributed by atoms with Crippen molar-refractivity contribution in [2.24, 2.45) is 39.4 Å². The van der Waals surface area contributed by atoms with Crippen LogP contribution in [0.2, 0.25) is 0 Å². The zero-order valence-electron chi connectivity index (χ0n) is 28.0. The zero-order valence-corrected chi connectivity index (χ0v) is 28.0. The van der Waals surface area contributed by atoms with Gasteiger partial charge >= 0.3 is 0 Å². The van der Waals surface area contributed by atoms with Gasteiger partial charge in [-0.2, -0.15) is 0 Å². The van der Waals surface area contributed by atoms with Gasteiger partial charge in [-0.1, -0.05) is 80.0 Å². The Morgan fingerprint density at radius 1 is 1.00 bits per heavy atom. The van der Waals surface area contributed by atoms with E-state index in [2.05, 4.69) is 13.0 Å². The van der Waals surface area contributed by atoms with Gasteiger partial charge < -0.3 is 15.3 Å². The average molecular weight is 575 g/mol. The lowest BCUT2D eigenvalue weighted by atomic mass is 9.39. The third-order valence-electron chi connectivity index (χ3n) is 10.4. The summed E-state index contributed by atoms with van der Waals surface area (Å²) in [5.41, 5.74) is -2.81. The van der Waals surface area contributed by atoms with Crippen molar-refractivity contribution < 1.29 is 29.7 Å². The van der Waals surface area contributed by atoms with Gasteiger partial charge in [0.05, 0.1) is 11.0 Å². The number of aliphatic hydroxyl groups is 3. The molecule has 0 radical (unpaired) electrons. The number of Topliss-reactive ketones (excluding diaryl/α,β-unsaturated/α-hetero) is 2. The standard InChI is InChI=1S/C29H40O6.3C2H6/c1-25(2,35)12-11-19(30)23(33)17-10-13-27(5)21-9-8-16-18(14-20(31)24(34)26(16,3)4)29(21,7)22(32)15-28(17,27)6;3*1-2/h8,11-12,14,17-18,21,23,31,33,35H,9-10,13,15H2,1-7H3;3*1-2H3/b12-11+;;;. The molecular weight excluding hydrogens is 516 g/mol. The minimum absolute atomic E-state index is 0.0535. The first-order chi connectivity index (χ1) is 18.9. The summed E-state index contributed by atoms with van der Waals surface area (Å²) in [6.07, 6.45) is 7.35. The van der Waals surface area contributed by atoms with Gasteiger partial charge in [0.15, 0.2) is 11.5 Å². The first-order valence-corrected chi connectivity index (χ1v) is 15.7. The number of aliphatic hydroxyl groups excluding tert-OH is 2.